The van der Waals surface area contributed by atoms with E-state index in [0.717, 1.165) is 44.7 Å². The van der Waals surface area contributed by atoms with Crippen LogP contribution in [-0.2, 0) is 17.9 Å². The van der Waals surface area contributed by atoms with Crippen LogP contribution in [0.25, 0.3) is 10.9 Å². The smallest absolute Gasteiger partial charge is 0.224 e. The van der Waals surface area contributed by atoms with Crippen molar-refractivity contribution in [2.75, 3.05) is 26.2 Å². The molecule has 3 N–H and O–H groups in total. The van der Waals surface area contributed by atoms with Crippen molar-refractivity contribution in [3.63, 3.8) is 0 Å². The van der Waals surface area contributed by atoms with E-state index in [-0.39, 0.29) is 24.2 Å². The molecular weight excluding hydrogens is 338 g/mol. The van der Waals surface area contributed by atoms with Gasteiger partial charge in [0.1, 0.15) is 0 Å². The second-order valence-electron chi connectivity index (χ2n) is 6.43. The number of carbonyl (C=O) groups is 1. The molecule has 3 rings (SSSR count). The van der Waals surface area contributed by atoms with Gasteiger partial charge in [-0.2, -0.15) is 5.10 Å². The van der Waals surface area contributed by atoms with Crippen LogP contribution in [0.5, 0.6) is 0 Å². The van der Waals surface area contributed by atoms with Crippen LogP contribution in [0.4, 0.5) is 0 Å². The molecule has 7 heteroatoms. The van der Waals surface area contributed by atoms with Gasteiger partial charge in [-0.3, -0.25) is 14.4 Å². The number of fused-ring (bicyclic) bond motifs is 1. The van der Waals surface area contributed by atoms with Crippen LogP contribution < -0.4 is 11.1 Å². The Kier molecular flexibility index (Phi) is 7.23. The number of aryl methyl sites for hydroxylation is 1. The van der Waals surface area contributed by atoms with Crippen LogP contribution in [0.15, 0.2) is 24.3 Å². The minimum Gasteiger partial charge on any atom is -0.355 e. The molecule has 2 aromatic rings. The number of aromatic nitrogens is 2. The fraction of sp³-hybridized carbons (Fsp3) is 0.556. The summed E-state index contributed by atoms with van der Waals surface area (Å²) in [4.78, 5) is 14.6. The number of hydrogen-bond acceptors (Lipinski definition) is 4. The van der Waals surface area contributed by atoms with Crippen molar-refractivity contribution in [2.24, 2.45) is 11.7 Å². The summed E-state index contributed by atoms with van der Waals surface area (Å²) in [6.45, 7) is 6.64. The molecule has 0 bridgehead atoms. The number of rotatable bonds is 6. The molecule has 1 aromatic carbocycles. The van der Waals surface area contributed by atoms with Gasteiger partial charge in [-0.05, 0) is 32.4 Å². The van der Waals surface area contributed by atoms with Crippen LogP contribution in [0.1, 0.15) is 25.5 Å². The maximum absolute atomic E-state index is 12.2. The Labute approximate surface area is 155 Å². The molecule has 0 saturated carbocycles. The Bertz CT molecular complexity index is 702. The number of nitrogens with one attached hydrogen (secondary N) is 1. The second kappa shape index (κ2) is 9.17. The van der Waals surface area contributed by atoms with Crippen LogP contribution >= 0.6 is 12.4 Å². The van der Waals surface area contributed by atoms with Crippen LogP contribution in [0, 0.1) is 5.92 Å². The zero-order valence-electron chi connectivity index (χ0n) is 14.8. The second-order valence-corrected chi connectivity index (χ2v) is 6.43. The van der Waals surface area contributed by atoms with Gasteiger partial charge in [0.05, 0.1) is 17.1 Å². The van der Waals surface area contributed by atoms with Crippen molar-refractivity contribution >= 4 is 29.2 Å². The number of carbonyl (C=O) groups excluding carboxylic acids is 1. The number of amides is 1. The average Bonchev–Trinajstić information content (AvgIpc) is 2.98. The molecule has 1 aliphatic heterocycles. The number of nitrogens with zero attached hydrogens (tertiary/aromatic N) is 3. The highest BCUT2D eigenvalue weighted by molar-refractivity contribution is 5.85. The third kappa shape index (κ3) is 4.51. The van der Waals surface area contributed by atoms with Gasteiger partial charge < -0.3 is 11.1 Å². The van der Waals surface area contributed by atoms with Crippen molar-refractivity contribution in [1.82, 2.24) is 20.0 Å². The molecule has 6 nitrogen and oxygen atoms in total. The third-order valence-corrected chi connectivity index (χ3v) is 4.73. The number of benzene rings is 1. The highest BCUT2D eigenvalue weighted by Crippen LogP contribution is 2.23. The first-order valence-corrected chi connectivity index (χ1v) is 8.87. The lowest BCUT2D eigenvalue weighted by molar-refractivity contribution is -0.126. The number of halogens is 1. The highest BCUT2D eigenvalue weighted by atomic mass is 35.5. The molecule has 0 aliphatic carbocycles. The van der Waals surface area contributed by atoms with Gasteiger partial charge >= 0.3 is 0 Å². The summed E-state index contributed by atoms with van der Waals surface area (Å²) in [7, 11) is 0. The molecule has 0 spiro atoms. The molecule has 25 heavy (non-hydrogen) atoms. The van der Waals surface area contributed by atoms with Crippen molar-refractivity contribution in [2.45, 2.75) is 32.9 Å². The lowest BCUT2D eigenvalue weighted by Crippen LogP contribution is -2.43. The van der Waals surface area contributed by atoms with E-state index in [0.29, 0.717) is 13.1 Å². The first kappa shape index (κ1) is 19.7. The summed E-state index contributed by atoms with van der Waals surface area (Å²) < 4.78 is 2.06. The molecule has 1 saturated heterocycles. The molecule has 1 amide bonds. The molecule has 1 fully saturated rings. The van der Waals surface area contributed by atoms with E-state index in [2.05, 4.69) is 46.1 Å². The van der Waals surface area contributed by atoms with Crippen LogP contribution in [0.3, 0.4) is 0 Å². The van der Waals surface area contributed by atoms with E-state index < -0.39 is 0 Å². The molecule has 2 heterocycles. The molecule has 138 valence electrons. The van der Waals surface area contributed by atoms with Crippen LogP contribution in [0.2, 0.25) is 0 Å². The largest absolute Gasteiger partial charge is 0.355 e. The Balaban J connectivity index is 0.00000225. The summed E-state index contributed by atoms with van der Waals surface area (Å²) in [6.07, 6.45) is 2.00. The maximum Gasteiger partial charge on any atom is 0.224 e. The summed E-state index contributed by atoms with van der Waals surface area (Å²) in [5, 5.41) is 8.92. The Morgan fingerprint density at radius 1 is 1.40 bits per heavy atom. The molecule has 1 unspecified atom stereocenters. The fourth-order valence-corrected chi connectivity index (χ4v) is 3.52. The minimum atomic E-state index is 0. The van der Waals surface area contributed by atoms with Gasteiger partial charge in [0.15, 0.2) is 0 Å². The van der Waals surface area contributed by atoms with E-state index >= 15 is 0 Å². The average molecular weight is 366 g/mol. The maximum atomic E-state index is 12.2. The molecule has 1 aromatic heterocycles. The Morgan fingerprint density at radius 3 is 2.96 bits per heavy atom. The van der Waals surface area contributed by atoms with Crippen LogP contribution in [-0.4, -0.2) is 46.8 Å². The third-order valence-electron chi connectivity index (χ3n) is 4.73. The molecule has 0 radical (unpaired) electrons. The topological polar surface area (TPSA) is 76.2 Å². The summed E-state index contributed by atoms with van der Waals surface area (Å²) >= 11 is 0. The van der Waals surface area contributed by atoms with E-state index in [1.54, 1.807) is 0 Å². The highest BCUT2D eigenvalue weighted by Gasteiger charge is 2.26. The molecule has 1 atom stereocenters. The SMILES string of the molecule is CCn1nc(CN2CCCC(C(=O)NCCN)C2)c2ccccc21.Cl. The minimum absolute atomic E-state index is 0. The number of likely N-dealkylation sites (tertiary alicyclic amines) is 1. The Morgan fingerprint density at radius 2 is 2.20 bits per heavy atom. The number of hydrogen-bond donors (Lipinski definition) is 2. The molecule has 1 aliphatic rings. The van der Waals surface area contributed by atoms with Gasteiger partial charge in [-0.15, -0.1) is 12.4 Å². The Hall–Kier alpha value is -1.63. The van der Waals surface area contributed by atoms with Gasteiger partial charge in [0, 0.05) is 38.1 Å². The normalized spacial score (nSPS) is 18.1. The lowest BCUT2D eigenvalue weighted by Gasteiger charge is -2.31. The van der Waals surface area contributed by atoms with E-state index in [4.69, 9.17) is 10.8 Å². The predicted octanol–water partition coefficient (Wildman–Crippen LogP) is 1.76. The zero-order chi connectivity index (χ0) is 16.9. The number of piperidine rings is 1. The number of para-hydroxylation sites is 1. The molecular formula is C18H28ClN5O. The fourth-order valence-electron chi connectivity index (χ4n) is 3.52. The first-order valence-electron chi connectivity index (χ1n) is 8.87. The van der Waals surface area contributed by atoms with Gasteiger partial charge in [0.25, 0.3) is 0 Å². The van der Waals surface area contributed by atoms with Gasteiger partial charge in [-0.1, -0.05) is 18.2 Å². The first-order chi connectivity index (χ1) is 11.7. The van der Waals surface area contributed by atoms with Crippen molar-refractivity contribution in [3.8, 4) is 0 Å². The standard InChI is InChI=1S/C18H27N5O.ClH/c1-2-23-17-8-4-3-7-15(17)16(21-23)13-22-11-5-6-14(12-22)18(24)20-10-9-19;/h3-4,7-8,14H,2,5-6,9-13,19H2,1H3,(H,20,24);1H. The zero-order valence-corrected chi connectivity index (χ0v) is 15.6. The van der Waals surface area contributed by atoms with Crippen molar-refractivity contribution in [3.05, 3.63) is 30.0 Å². The number of nitrogens with two attached hydrogens (primary N) is 1. The van der Waals surface area contributed by atoms with E-state index in [9.17, 15) is 4.79 Å². The quantitative estimate of drug-likeness (QED) is 0.817. The van der Waals surface area contributed by atoms with E-state index in [1.807, 2.05) is 0 Å². The van der Waals surface area contributed by atoms with Gasteiger partial charge in [-0.25, -0.2) is 0 Å². The van der Waals surface area contributed by atoms with E-state index in [1.165, 1.54) is 10.9 Å². The van der Waals surface area contributed by atoms with Gasteiger partial charge in [0.2, 0.25) is 5.91 Å². The predicted molar refractivity (Wildman–Crippen MR) is 103 cm³/mol. The summed E-state index contributed by atoms with van der Waals surface area (Å²) in [5.41, 5.74) is 7.76. The van der Waals surface area contributed by atoms with Crippen molar-refractivity contribution in [1.29, 1.82) is 0 Å². The monoisotopic (exact) mass is 365 g/mol. The van der Waals surface area contributed by atoms with Crippen molar-refractivity contribution < 1.29 is 4.79 Å². The lowest BCUT2D eigenvalue weighted by atomic mass is 9.97. The summed E-state index contributed by atoms with van der Waals surface area (Å²) in [5.74, 6) is 0.193. The summed E-state index contributed by atoms with van der Waals surface area (Å²) in [6, 6.07) is 8.37.